The van der Waals surface area contributed by atoms with Crippen LogP contribution in [0.5, 0.6) is 0 Å². The molecule has 4 rings (SSSR count). The van der Waals surface area contributed by atoms with E-state index in [1.165, 1.54) is 15.6 Å². The maximum Gasteiger partial charge on any atom is 0.314 e. The van der Waals surface area contributed by atoms with E-state index in [4.69, 9.17) is 0 Å². The molecule has 0 atom stereocenters. The largest absolute Gasteiger partial charge is 0.318 e. The lowest BCUT2D eigenvalue weighted by atomic mass is 10.0. The van der Waals surface area contributed by atoms with Gasteiger partial charge in [0.2, 0.25) is 0 Å². The van der Waals surface area contributed by atoms with Gasteiger partial charge in [0.1, 0.15) is 4.21 Å². The van der Waals surface area contributed by atoms with Crippen LogP contribution in [-0.2, 0) is 26.0 Å². The summed E-state index contributed by atoms with van der Waals surface area (Å²) in [5, 5.41) is 6.97. The number of benzene rings is 2. The Labute approximate surface area is 191 Å². The molecule has 0 saturated carbocycles. The standard InChI is InChI=1S/C23H23N3O4S2/c1-15-6-3-7-16(2)21(15)25-23(28)22(27)24-18-11-10-17-8-4-12-26(19(17)14-18)32(29,30)20-9-5-13-31-20/h3,5-7,9-11,13-14H,4,8,12H2,1-2H3,(H,24,27)(H,25,28). The number of anilines is 3. The van der Waals surface area contributed by atoms with Crippen LogP contribution in [-0.4, -0.2) is 26.8 Å². The van der Waals surface area contributed by atoms with E-state index in [-0.39, 0.29) is 4.21 Å². The van der Waals surface area contributed by atoms with Gasteiger partial charge in [0.15, 0.2) is 0 Å². The monoisotopic (exact) mass is 469 g/mol. The van der Waals surface area contributed by atoms with E-state index in [1.54, 1.807) is 35.7 Å². The lowest BCUT2D eigenvalue weighted by Gasteiger charge is -2.30. The summed E-state index contributed by atoms with van der Waals surface area (Å²) in [4.78, 5) is 25.0. The molecule has 2 aromatic carbocycles. The summed E-state index contributed by atoms with van der Waals surface area (Å²) in [6.45, 7) is 4.07. The number of amides is 2. The maximum absolute atomic E-state index is 13.1. The molecular weight excluding hydrogens is 446 g/mol. The molecule has 0 spiro atoms. The summed E-state index contributed by atoms with van der Waals surface area (Å²) in [5.74, 6) is -1.61. The van der Waals surface area contributed by atoms with Crippen LogP contribution in [0.1, 0.15) is 23.1 Å². The van der Waals surface area contributed by atoms with Crippen molar-refractivity contribution < 1.29 is 18.0 Å². The molecule has 1 aliphatic heterocycles. The zero-order valence-corrected chi connectivity index (χ0v) is 19.3. The minimum absolute atomic E-state index is 0.271. The summed E-state index contributed by atoms with van der Waals surface area (Å²) >= 11 is 1.17. The lowest BCUT2D eigenvalue weighted by molar-refractivity contribution is -0.133. The van der Waals surface area contributed by atoms with Gasteiger partial charge in [-0.05, 0) is 67.0 Å². The molecule has 166 valence electrons. The van der Waals surface area contributed by atoms with Crippen LogP contribution in [0.2, 0.25) is 0 Å². The average Bonchev–Trinajstić information content (AvgIpc) is 3.31. The molecule has 0 saturated heterocycles. The van der Waals surface area contributed by atoms with Gasteiger partial charge in [-0.1, -0.05) is 30.3 Å². The van der Waals surface area contributed by atoms with Gasteiger partial charge in [0, 0.05) is 17.9 Å². The van der Waals surface area contributed by atoms with E-state index < -0.39 is 21.8 Å². The summed E-state index contributed by atoms with van der Waals surface area (Å²) in [5.41, 5.74) is 4.08. The van der Waals surface area contributed by atoms with Crippen molar-refractivity contribution in [3.8, 4) is 0 Å². The summed E-state index contributed by atoms with van der Waals surface area (Å²) < 4.78 is 27.9. The minimum Gasteiger partial charge on any atom is -0.318 e. The number of rotatable bonds is 4. The van der Waals surface area contributed by atoms with Crippen LogP contribution >= 0.6 is 11.3 Å². The summed E-state index contributed by atoms with van der Waals surface area (Å²) in [6.07, 6.45) is 1.45. The van der Waals surface area contributed by atoms with Crippen molar-refractivity contribution in [1.82, 2.24) is 0 Å². The lowest BCUT2D eigenvalue weighted by Crippen LogP contribution is -2.35. The molecule has 0 radical (unpaired) electrons. The number of sulfonamides is 1. The molecule has 0 aliphatic carbocycles. The van der Waals surface area contributed by atoms with Crippen molar-refractivity contribution >= 4 is 50.2 Å². The summed E-state index contributed by atoms with van der Waals surface area (Å²) in [6, 6.07) is 14.0. The van der Waals surface area contributed by atoms with Crippen molar-refractivity contribution in [3.63, 3.8) is 0 Å². The van der Waals surface area contributed by atoms with Crippen LogP contribution < -0.4 is 14.9 Å². The van der Waals surface area contributed by atoms with E-state index in [0.29, 0.717) is 30.0 Å². The van der Waals surface area contributed by atoms with E-state index in [1.807, 2.05) is 32.0 Å². The molecule has 1 aliphatic rings. The third-order valence-corrected chi connectivity index (χ3v) is 8.57. The van der Waals surface area contributed by atoms with Crippen LogP contribution in [0.4, 0.5) is 17.1 Å². The quantitative estimate of drug-likeness (QED) is 0.563. The Morgan fingerprint density at radius 3 is 2.38 bits per heavy atom. The number of nitrogens with zero attached hydrogens (tertiary/aromatic N) is 1. The third-order valence-electron chi connectivity index (χ3n) is 5.38. The van der Waals surface area contributed by atoms with Gasteiger partial charge in [0.05, 0.1) is 5.69 Å². The first-order chi connectivity index (χ1) is 15.3. The SMILES string of the molecule is Cc1cccc(C)c1NC(=O)C(=O)Nc1ccc2c(c1)N(S(=O)(=O)c1cccs1)CCC2. The number of hydrogen-bond donors (Lipinski definition) is 2. The van der Waals surface area contributed by atoms with Gasteiger partial charge < -0.3 is 10.6 Å². The van der Waals surface area contributed by atoms with Crippen molar-refractivity contribution in [2.24, 2.45) is 0 Å². The maximum atomic E-state index is 13.1. The average molecular weight is 470 g/mol. The van der Waals surface area contributed by atoms with Crippen LogP contribution in [0.25, 0.3) is 0 Å². The van der Waals surface area contributed by atoms with Gasteiger partial charge in [0.25, 0.3) is 10.0 Å². The Morgan fingerprint density at radius 1 is 0.969 bits per heavy atom. The smallest absolute Gasteiger partial charge is 0.314 e. The summed E-state index contributed by atoms with van der Waals surface area (Å²) in [7, 11) is -3.68. The predicted octanol–water partition coefficient (Wildman–Crippen LogP) is 4.08. The second-order valence-corrected chi connectivity index (χ2v) is 10.7. The van der Waals surface area contributed by atoms with Gasteiger partial charge >= 0.3 is 11.8 Å². The highest BCUT2D eigenvalue weighted by Gasteiger charge is 2.30. The molecule has 0 unspecified atom stereocenters. The Balaban J connectivity index is 1.56. The van der Waals surface area contributed by atoms with Crippen molar-refractivity contribution in [1.29, 1.82) is 0 Å². The van der Waals surface area contributed by atoms with E-state index in [0.717, 1.165) is 23.1 Å². The normalized spacial score (nSPS) is 13.4. The zero-order chi connectivity index (χ0) is 22.9. The highest BCUT2D eigenvalue weighted by molar-refractivity contribution is 7.94. The van der Waals surface area contributed by atoms with Crippen molar-refractivity contribution in [3.05, 3.63) is 70.6 Å². The predicted molar refractivity (Wildman–Crippen MR) is 127 cm³/mol. The molecule has 9 heteroatoms. The number of thiophene rings is 1. The van der Waals surface area contributed by atoms with Gasteiger partial charge in [-0.2, -0.15) is 0 Å². The molecule has 0 bridgehead atoms. The second kappa shape index (κ2) is 8.76. The zero-order valence-electron chi connectivity index (χ0n) is 17.7. The third kappa shape index (κ3) is 4.26. The Morgan fingerprint density at radius 2 is 1.69 bits per heavy atom. The molecule has 7 nitrogen and oxygen atoms in total. The molecule has 32 heavy (non-hydrogen) atoms. The fraction of sp³-hybridized carbons (Fsp3) is 0.217. The van der Waals surface area contributed by atoms with Crippen LogP contribution in [0.15, 0.2) is 58.1 Å². The number of carbonyl (C=O) groups is 2. The number of hydrogen-bond acceptors (Lipinski definition) is 5. The van der Waals surface area contributed by atoms with E-state index >= 15 is 0 Å². The fourth-order valence-corrected chi connectivity index (χ4v) is 6.39. The Bertz CT molecular complexity index is 1260. The minimum atomic E-state index is -3.68. The molecule has 1 aromatic heterocycles. The molecule has 2 amide bonds. The number of nitrogens with one attached hydrogen (secondary N) is 2. The molecular formula is C23H23N3O4S2. The topological polar surface area (TPSA) is 95.6 Å². The first kappa shape index (κ1) is 22.0. The molecule has 3 aromatic rings. The molecule has 2 N–H and O–H groups in total. The van der Waals surface area contributed by atoms with Crippen molar-refractivity contribution in [2.75, 3.05) is 21.5 Å². The molecule has 2 heterocycles. The second-order valence-electron chi connectivity index (χ2n) is 7.63. The van der Waals surface area contributed by atoms with Gasteiger partial charge in [-0.15, -0.1) is 11.3 Å². The Hall–Kier alpha value is -3.17. The highest BCUT2D eigenvalue weighted by Crippen LogP contribution is 2.35. The number of aryl methyl sites for hydroxylation is 3. The van der Waals surface area contributed by atoms with Crippen molar-refractivity contribution in [2.45, 2.75) is 30.9 Å². The molecule has 0 fully saturated rings. The number of carbonyl (C=O) groups excluding carboxylic acids is 2. The van der Waals surface area contributed by atoms with E-state index in [2.05, 4.69) is 10.6 Å². The van der Waals surface area contributed by atoms with Crippen LogP contribution in [0, 0.1) is 13.8 Å². The number of fused-ring (bicyclic) bond motifs is 1. The van der Waals surface area contributed by atoms with Gasteiger partial charge in [-0.3, -0.25) is 13.9 Å². The number of para-hydroxylation sites is 1. The first-order valence-corrected chi connectivity index (χ1v) is 12.5. The van der Waals surface area contributed by atoms with E-state index in [9.17, 15) is 18.0 Å². The highest BCUT2D eigenvalue weighted by atomic mass is 32.2. The van der Waals surface area contributed by atoms with Gasteiger partial charge in [-0.25, -0.2) is 8.42 Å². The fourth-order valence-electron chi connectivity index (χ4n) is 3.76. The Kier molecular flexibility index (Phi) is 6.03. The van der Waals surface area contributed by atoms with Crippen LogP contribution in [0.3, 0.4) is 0 Å². The first-order valence-electron chi connectivity index (χ1n) is 10.1.